The Morgan fingerprint density at radius 2 is 2.32 bits per heavy atom. The summed E-state index contributed by atoms with van der Waals surface area (Å²) < 4.78 is 5.26. The van der Waals surface area contributed by atoms with Crippen molar-refractivity contribution in [2.75, 3.05) is 25.5 Å². The molecule has 4 nitrogen and oxygen atoms in total. The molecule has 0 fully saturated rings. The minimum atomic E-state index is 0.202. The number of rotatable bonds is 5. The molecule has 1 heterocycles. The van der Waals surface area contributed by atoms with Crippen molar-refractivity contribution in [1.29, 1.82) is 0 Å². The van der Waals surface area contributed by atoms with Gasteiger partial charge in [-0.3, -0.25) is 4.79 Å². The van der Waals surface area contributed by atoms with E-state index in [1.54, 1.807) is 0 Å². The molecule has 0 unspecified atom stereocenters. The lowest BCUT2D eigenvalue weighted by Crippen LogP contribution is -2.36. The van der Waals surface area contributed by atoms with Crippen LogP contribution in [0.5, 0.6) is 0 Å². The van der Waals surface area contributed by atoms with Gasteiger partial charge in [0.2, 0.25) is 5.91 Å². The summed E-state index contributed by atoms with van der Waals surface area (Å²) in [5, 5.41) is 0. The van der Waals surface area contributed by atoms with Crippen LogP contribution in [0.3, 0.4) is 0 Å². The van der Waals surface area contributed by atoms with Gasteiger partial charge in [0.1, 0.15) is 0 Å². The van der Waals surface area contributed by atoms with Crippen LogP contribution in [0.15, 0.2) is 18.2 Å². The van der Waals surface area contributed by atoms with E-state index in [2.05, 4.69) is 6.07 Å². The lowest BCUT2D eigenvalue weighted by molar-refractivity contribution is -0.132. The summed E-state index contributed by atoms with van der Waals surface area (Å²) in [6.45, 7) is 4.78. The highest BCUT2D eigenvalue weighted by Crippen LogP contribution is 2.24. The molecule has 2 rings (SSSR count). The first-order valence-electron chi connectivity index (χ1n) is 6.94. The van der Waals surface area contributed by atoms with E-state index in [0.717, 1.165) is 30.6 Å². The Balaban J connectivity index is 1.90. The number of hydrogen-bond acceptors (Lipinski definition) is 3. The molecular formula is C15H22N2O2. The highest BCUT2D eigenvalue weighted by atomic mass is 16.5. The first-order valence-corrected chi connectivity index (χ1v) is 6.94. The Kier molecular flexibility index (Phi) is 4.80. The Morgan fingerprint density at radius 3 is 3.11 bits per heavy atom. The van der Waals surface area contributed by atoms with E-state index >= 15 is 0 Å². The maximum absolute atomic E-state index is 12.1. The van der Waals surface area contributed by atoms with Crippen LogP contribution in [-0.2, 0) is 22.5 Å². The van der Waals surface area contributed by atoms with Crippen LogP contribution in [0.25, 0.3) is 0 Å². The second kappa shape index (κ2) is 6.57. The number of benzene rings is 1. The first kappa shape index (κ1) is 13.9. The van der Waals surface area contributed by atoms with E-state index in [9.17, 15) is 4.79 Å². The molecule has 2 N–H and O–H groups in total. The van der Waals surface area contributed by atoms with Crippen LogP contribution in [0.2, 0.25) is 0 Å². The van der Waals surface area contributed by atoms with Gasteiger partial charge in [0.05, 0.1) is 0 Å². The number of anilines is 1. The van der Waals surface area contributed by atoms with Gasteiger partial charge in [0, 0.05) is 38.4 Å². The van der Waals surface area contributed by atoms with Gasteiger partial charge in [0.25, 0.3) is 0 Å². The Bertz CT molecular complexity index is 446. The van der Waals surface area contributed by atoms with Crippen molar-refractivity contribution in [1.82, 2.24) is 4.90 Å². The van der Waals surface area contributed by atoms with Crippen molar-refractivity contribution in [2.45, 2.75) is 32.7 Å². The number of carbonyl (C=O) groups excluding carboxylic acids is 1. The highest BCUT2D eigenvalue weighted by molar-refractivity contribution is 5.77. The quantitative estimate of drug-likeness (QED) is 0.652. The molecule has 1 amide bonds. The third kappa shape index (κ3) is 3.47. The summed E-state index contributed by atoms with van der Waals surface area (Å²) in [6, 6.07) is 5.98. The molecular weight excluding hydrogens is 240 g/mol. The normalized spacial score (nSPS) is 14.3. The maximum atomic E-state index is 12.1. The average Bonchev–Trinajstić information content (AvgIpc) is 2.43. The van der Waals surface area contributed by atoms with Crippen LogP contribution < -0.4 is 5.73 Å². The van der Waals surface area contributed by atoms with Gasteiger partial charge in [-0.2, -0.15) is 0 Å². The fraction of sp³-hybridized carbons (Fsp3) is 0.533. The molecule has 1 aliphatic heterocycles. The van der Waals surface area contributed by atoms with Gasteiger partial charge in [-0.15, -0.1) is 0 Å². The van der Waals surface area contributed by atoms with E-state index in [0.29, 0.717) is 26.2 Å². The molecule has 0 saturated heterocycles. The van der Waals surface area contributed by atoms with Gasteiger partial charge in [-0.05, 0) is 37.0 Å². The smallest absolute Gasteiger partial charge is 0.222 e. The third-order valence-corrected chi connectivity index (χ3v) is 3.55. The summed E-state index contributed by atoms with van der Waals surface area (Å²) >= 11 is 0. The molecule has 0 spiro atoms. The third-order valence-electron chi connectivity index (χ3n) is 3.55. The van der Waals surface area contributed by atoms with Crippen molar-refractivity contribution in [3.05, 3.63) is 29.3 Å². The van der Waals surface area contributed by atoms with E-state index in [1.807, 2.05) is 24.0 Å². The molecule has 0 saturated carbocycles. The van der Waals surface area contributed by atoms with Gasteiger partial charge >= 0.3 is 0 Å². The fourth-order valence-corrected chi connectivity index (χ4v) is 2.45. The predicted molar refractivity (Wildman–Crippen MR) is 75.7 cm³/mol. The topological polar surface area (TPSA) is 55.6 Å². The molecule has 19 heavy (non-hydrogen) atoms. The first-order chi connectivity index (χ1) is 9.22. The van der Waals surface area contributed by atoms with Crippen LogP contribution >= 0.6 is 0 Å². The average molecular weight is 262 g/mol. The van der Waals surface area contributed by atoms with Gasteiger partial charge in [0.15, 0.2) is 0 Å². The summed E-state index contributed by atoms with van der Waals surface area (Å²) in [4.78, 5) is 14.0. The highest BCUT2D eigenvalue weighted by Gasteiger charge is 2.21. The summed E-state index contributed by atoms with van der Waals surface area (Å²) in [5.41, 5.74) is 9.17. The van der Waals surface area contributed by atoms with Crippen LogP contribution in [0.4, 0.5) is 5.69 Å². The summed E-state index contributed by atoms with van der Waals surface area (Å²) in [7, 11) is 0. The van der Waals surface area contributed by atoms with Crippen LogP contribution in [0.1, 0.15) is 30.9 Å². The largest absolute Gasteiger partial charge is 0.398 e. The predicted octanol–water partition coefficient (Wildman–Crippen LogP) is 1.97. The van der Waals surface area contributed by atoms with Crippen LogP contribution in [-0.4, -0.2) is 30.6 Å². The molecule has 0 atom stereocenters. The van der Waals surface area contributed by atoms with Crippen molar-refractivity contribution in [3.63, 3.8) is 0 Å². The number of amides is 1. The lowest BCUT2D eigenvalue weighted by atomic mass is 9.98. The number of hydrogen-bond donors (Lipinski definition) is 1. The number of carbonyl (C=O) groups is 1. The van der Waals surface area contributed by atoms with E-state index in [4.69, 9.17) is 10.5 Å². The molecule has 0 bridgehead atoms. The summed E-state index contributed by atoms with van der Waals surface area (Å²) in [5.74, 6) is 0.202. The molecule has 1 aromatic carbocycles. The lowest BCUT2D eigenvalue weighted by Gasteiger charge is -2.29. The maximum Gasteiger partial charge on any atom is 0.222 e. The molecule has 1 aromatic rings. The second-order valence-electron chi connectivity index (χ2n) is 4.85. The van der Waals surface area contributed by atoms with Crippen molar-refractivity contribution >= 4 is 11.6 Å². The van der Waals surface area contributed by atoms with Crippen molar-refractivity contribution in [3.8, 4) is 0 Å². The second-order valence-corrected chi connectivity index (χ2v) is 4.85. The summed E-state index contributed by atoms with van der Waals surface area (Å²) in [6.07, 6.45) is 2.25. The molecule has 0 aromatic heterocycles. The number of nitrogens with zero attached hydrogens (tertiary/aromatic N) is 1. The zero-order valence-corrected chi connectivity index (χ0v) is 11.5. The standard InChI is InChI=1S/C15H22N2O2/c1-2-19-10-4-7-15(18)17-9-8-12-5-3-6-14(16)13(12)11-17/h3,5-6H,2,4,7-11,16H2,1H3. The van der Waals surface area contributed by atoms with Crippen molar-refractivity contribution in [2.24, 2.45) is 0 Å². The number of ether oxygens (including phenoxy) is 1. The van der Waals surface area contributed by atoms with Crippen molar-refractivity contribution < 1.29 is 9.53 Å². The minimum Gasteiger partial charge on any atom is -0.398 e. The molecule has 0 radical (unpaired) electrons. The number of nitrogen functional groups attached to an aromatic ring is 1. The Hall–Kier alpha value is -1.55. The van der Waals surface area contributed by atoms with Crippen LogP contribution in [0, 0.1) is 0 Å². The molecule has 104 valence electrons. The minimum absolute atomic E-state index is 0.202. The van der Waals surface area contributed by atoms with E-state index in [-0.39, 0.29) is 5.91 Å². The Labute approximate surface area is 114 Å². The number of nitrogens with two attached hydrogens (primary N) is 1. The zero-order valence-electron chi connectivity index (χ0n) is 11.5. The SMILES string of the molecule is CCOCCCC(=O)N1CCc2cccc(N)c2C1. The van der Waals surface area contributed by atoms with Gasteiger partial charge in [-0.1, -0.05) is 12.1 Å². The zero-order chi connectivity index (χ0) is 13.7. The van der Waals surface area contributed by atoms with E-state index < -0.39 is 0 Å². The molecule has 0 aliphatic carbocycles. The molecule has 1 aliphatic rings. The molecule has 4 heteroatoms. The van der Waals surface area contributed by atoms with Gasteiger partial charge in [-0.25, -0.2) is 0 Å². The Morgan fingerprint density at radius 1 is 1.47 bits per heavy atom. The fourth-order valence-electron chi connectivity index (χ4n) is 2.45. The monoisotopic (exact) mass is 262 g/mol. The number of fused-ring (bicyclic) bond motifs is 1. The van der Waals surface area contributed by atoms with E-state index in [1.165, 1.54) is 5.56 Å². The van der Waals surface area contributed by atoms with Gasteiger partial charge < -0.3 is 15.4 Å².